The van der Waals surface area contributed by atoms with Crippen LogP contribution in [0, 0.1) is 12.7 Å². The Morgan fingerprint density at radius 2 is 2.06 bits per heavy atom. The van der Waals surface area contributed by atoms with E-state index in [9.17, 15) is 4.39 Å². The Morgan fingerprint density at radius 1 is 1.29 bits per heavy atom. The lowest BCUT2D eigenvalue weighted by Gasteiger charge is -2.10. The van der Waals surface area contributed by atoms with Crippen LogP contribution < -0.4 is 11.1 Å². The molecule has 0 spiro atoms. The van der Waals surface area contributed by atoms with Crippen LogP contribution in [0.4, 0.5) is 21.5 Å². The monoisotopic (exact) mass is 295 g/mol. The average molecular weight is 296 g/mol. The highest BCUT2D eigenvalue weighted by molar-refractivity contribution is 9.10. The number of halogens is 2. The molecule has 1 aromatic carbocycles. The van der Waals surface area contributed by atoms with Crippen molar-refractivity contribution in [3.05, 3.63) is 46.4 Å². The molecule has 1 aromatic heterocycles. The minimum atomic E-state index is -0.279. The van der Waals surface area contributed by atoms with Gasteiger partial charge in [0.05, 0.1) is 22.0 Å². The van der Waals surface area contributed by atoms with E-state index in [4.69, 9.17) is 5.73 Å². The number of hydrogen-bond acceptors (Lipinski definition) is 3. The zero-order valence-electron chi connectivity index (χ0n) is 9.17. The normalized spacial score (nSPS) is 10.3. The van der Waals surface area contributed by atoms with E-state index in [0.29, 0.717) is 10.2 Å². The molecule has 0 saturated heterocycles. The Balaban J connectivity index is 2.33. The molecule has 17 heavy (non-hydrogen) atoms. The van der Waals surface area contributed by atoms with E-state index >= 15 is 0 Å². The average Bonchev–Trinajstić information content (AvgIpc) is 2.26. The third kappa shape index (κ3) is 2.74. The van der Waals surface area contributed by atoms with Gasteiger partial charge in [0.15, 0.2) is 0 Å². The predicted molar refractivity (Wildman–Crippen MR) is 70.8 cm³/mol. The first-order valence-corrected chi connectivity index (χ1v) is 5.79. The second-order valence-corrected chi connectivity index (χ2v) is 4.57. The van der Waals surface area contributed by atoms with Gasteiger partial charge in [0.2, 0.25) is 0 Å². The Bertz CT molecular complexity index is 557. The van der Waals surface area contributed by atoms with Crippen LogP contribution in [0.25, 0.3) is 0 Å². The second kappa shape index (κ2) is 4.71. The first kappa shape index (κ1) is 11.9. The van der Waals surface area contributed by atoms with Crippen molar-refractivity contribution < 1.29 is 4.39 Å². The topological polar surface area (TPSA) is 50.9 Å². The summed E-state index contributed by atoms with van der Waals surface area (Å²) < 4.78 is 13.7. The molecular formula is C12H11BrFN3. The Morgan fingerprint density at radius 3 is 2.76 bits per heavy atom. The van der Waals surface area contributed by atoms with Gasteiger partial charge in [-0.05, 0) is 46.6 Å². The molecule has 2 aromatic rings. The van der Waals surface area contributed by atoms with Gasteiger partial charge in [0, 0.05) is 11.9 Å². The lowest BCUT2D eigenvalue weighted by Crippen LogP contribution is -1.96. The molecule has 5 heteroatoms. The van der Waals surface area contributed by atoms with Gasteiger partial charge in [-0.15, -0.1) is 0 Å². The molecule has 3 nitrogen and oxygen atoms in total. The number of aryl methyl sites for hydroxylation is 1. The fourth-order valence-corrected chi connectivity index (χ4v) is 1.81. The van der Waals surface area contributed by atoms with Crippen molar-refractivity contribution >= 4 is 33.0 Å². The quantitative estimate of drug-likeness (QED) is 0.890. The van der Waals surface area contributed by atoms with Gasteiger partial charge in [-0.1, -0.05) is 0 Å². The number of nitrogens with two attached hydrogens (primary N) is 1. The highest BCUT2D eigenvalue weighted by atomic mass is 79.9. The molecule has 88 valence electrons. The summed E-state index contributed by atoms with van der Waals surface area (Å²) in [4.78, 5) is 3.98. The minimum absolute atomic E-state index is 0.279. The largest absolute Gasteiger partial charge is 0.397 e. The summed E-state index contributed by atoms with van der Waals surface area (Å²) in [7, 11) is 0. The van der Waals surface area contributed by atoms with Crippen molar-refractivity contribution in [1.29, 1.82) is 0 Å². The molecule has 0 atom stereocenters. The fourth-order valence-electron chi connectivity index (χ4n) is 1.46. The SMILES string of the molecule is Cc1cc(F)c(Br)cc1Nc1cncc(N)c1. The van der Waals surface area contributed by atoms with Crippen LogP contribution >= 0.6 is 15.9 Å². The number of anilines is 3. The Kier molecular flexibility index (Phi) is 3.28. The predicted octanol–water partition coefficient (Wildman–Crippen LogP) is 3.62. The lowest BCUT2D eigenvalue weighted by molar-refractivity contribution is 0.620. The molecule has 3 N–H and O–H groups in total. The highest BCUT2D eigenvalue weighted by Gasteiger charge is 2.05. The lowest BCUT2D eigenvalue weighted by atomic mass is 10.2. The van der Waals surface area contributed by atoms with Crippen LogP contribution in [0.3, 0.4) is 0 Å². The maximum atomic E-state index is 13.3. The van der Waals surface area contributed by atoms with Crippen LogP contribution in [0.5, 0.6) is 0 Å². The number of hydrogen-bond donors (Lipinski definition) is 2. The molecule has 0 amide bonds. The fraction of sp³-hybridized carbons (Fsp3) is 0.0833. The van der Waals surface area contributed by atoms with Gasteiger partial charge in [-0.2, -0.15) is 0 Å². The number of pyridine rings is 1. The maximum Gasteiger partial charge on any atom is 0.137 e. The molecule has 1 heterocycles. The summed E-state index contributed by atoms with van der Waals surface area (Å²) in [6.45, 7) is 1.83. The first-order chi connectivity index (χ1) is 8.06. The molecular weight excluding hydrogens is 285 g/mol. The van der Waals surface area contributed by atoms with E-state index in [0.717, 1.165) is 16.9 Å². The van der Waals surface area contributed by atoms with Crippen LogP contribution in [0.2, 0.25) is 0 Å². The zero-order chi connectivity index (χ0) is 12.4. The van der Waals surface area contributed by atoms with Gasteiger partial charge in [0.25, 0.3) is 0 Å². The van der Waals surface area contributed by atoms with E-state index in [2.05, 4.69) is 26.2 Å². The van der Waals surface area contributed by atoms with E-state index in [1.54, 1.807) is 24.5 Å². The van der Waals surface area contributed by atoms with Gasteiger partial charge in [-0.25, -0.2) is 4.39 Å². The van der Waals surface area contributed by atoms with Gasteiger partial charge < -0.3 is 11.1 Å². The molecule has 0 aliphatic carbocycles. The smallest absolute Gasteiger partial charge is 0.137 e. The molecule has 0 unspecified atom stereocenters. The molecule has 0 saturated carbocycles. The van der Waals surface area contributed by atoms with Crippen molar-refractivity contribution in [1.82, 2.24) is 4.98 Å². The summed E-state index contributed by atoms with van der Waals surface area (Å²) in [5.41, 5.74) is 8.60. The summed E-state index contributed by atoms with van der Waals surface area (Å²) in [6.07, 6.45) is 3.23. The van der Waals surface area contributed by atoms with Crippen LogP contribution in [-0.4, -0.2) is 4.98 Å². The number of benzene rings is 1. The number of nitrogen functional groups attached to an aromatic ring is 1. The minimum Gasteiger partial charge on any atom is -0.397 e. The van der Waals surface area contributed by atoms with Gasteiger partial charge in [-0.3, -0.25) is 4.98 Å². The van der Waals surface area contributed by atoms with Crippen LogP contribution in [-0.2, 0) is 0 Å². The first-order valence-electron chi connectivity index (χ1n) is 4.99. The van der Waals surface area contributed by atoms with Gasteiger partial charge >= 0.3 is 0 Å². The van der Waals surface area contributed by atoms with Crippen molar-refractivity contribution in [2.45, 2.75) is 6.92 Å². The molecule has 2 rings (SSSR count). The molecule has 0 aliphatic heterocycles. The number of rotatable bonds is 2. The Labute approximate surface area is 107 Å². The van der Waals surface area contributed by atoms with E-state index in [1.807, 2.05) is 6.92 Å². The van der Waals surface area contributed by atoms with Gasteiger partial charge in [0.1, 0.15) is 5.82 Å². The summed E-state index contributed by atoms with van der Waals surface area (Å²) in [5.74, 6) is -0.279. The van der Waals surface area contributed by atoms with Crippen molar-refractivity contribution in [2.24, 2.45) is 0 Å². The van der Waals surface area contributed by atoms with Crippen LogP contribution in [0.15, 0.2) is 35.1 Å². The van der Waals surface area contributed by atoms with E-state index in [1.165, 1.54) is 6.07 Å². The second-order valence-electron chi connectivity index (χ2n) is 3.71. The molecule has 0 radical (unpaired) electrons. The summed E-state index contributed by atoms with van der Waals surface area (Å²) in [5, 5.41) is 3.14. The van der Waals surface area contributed by atoms with E-state index < -0.39 is 0 Å². The van der Waals surface area contributed by atoms with E-state index in [-0.39, 0.29) is 5.82 Å². The third-order valence-corrected chi connectivity index (χ3v) is 2.91. The molecule has 0 bridgehead atoms. The maximum absolute atomic E-state index is 13.3. The Hall–Kier alpha value is -1.62. The number of nitrogens with one attached hydrogen (secondary N) is 1. The highest BCUT2D eigenvalue weighted by Crippen LogP contribution is 2.27. The van der Waals surface area contributed by atoms with Crippen molar-refractivity contribution in [2.75, 3.05) is 11.1 Å². The standard InChI is InChI=1S/C12H11BrFN3/c1-7-2-11(14)10(13)4-12(7)17-9-3-8(15)5-16-6-9/h2-6,17H,15H2,1H3. The summed E-state index contributed by atoms with van der Waals surface area (Å²) in [6, 6.07) is 4.92. The molecule has 0 aliphatic rings. The van der Waals surface area contributed by atoms with Crippen molar-refractivity contribution in [3.63, 3.8) is 0 Å². The van der Waals surface area contributed by atoms with Crippen molar-refractivity contribution in [3.8, 4) is 0 Å². The third-order valence-electron chi connectivity index (χ3n) is 2.31. The number of nitrogens with zero attached hydrogens (tertiary/aromatic N) is 1. The summed E-state index contributed by atoms with van der Waals surface area (Å²) >= 11 is 3.15. The zero-order valence-corrected chi connectivity index (χ0v) is 10.8. The van der Waals surface area contributed by atoms with Crippen LogP contribution in [0.1, 0.15) is 5.56 Å². The molecule has 0 fully saturated rings. The number of aromatic nitrogens is 1.